The molecule has 2 N–H and O–H groups in total. The van der Waals surface area contributed by atoms with Gasteiger partial charge in [0.25, 0.3) is 0 Å². The zero-order chi connectivity index (χ0) is 20.4. The SMILES string of the molecule is COc1ccccc1Cn1cc(C(O)=CC(=O)c2nn[nH]n2)c2cc(Cl)ccc21. The Morgan fingerprint density at radius 2 is 2.14 bits per heavy atom. The van der Waals surface area contributed by atoms with Gasteiger partial charge in [-0.2, -0.15) is 5.21 Å². The maximum Gasteiger partial charge on any atom is 0.244 e. The zero-order valence-electron chi connectivity index (χ0n) is 15.3. The van der Waals surface area contributed by atoms with Gasteiger partial charge in [-0.25, -0.2) is 0 Å². The monoisotopic (exact) mass is 409 g/mol. The van der Waals surface area contributed by atoms with Gasteiger partial charge in [-0.15, -0.1) is 10.2 Å². The summed E-state index contributed by atoms with van der Waals surface area (Å²) in [4.78, 5) is 12.2. The highest BCUT2D eigenvalue weighted by molar-refractivity contribution is 6.31. The van der Waals surface area contributed by atoms with Crippen LogP contribution in [0.3, 0.4) is 0 Å². The summed E-state index contributed by atoms with van der Waals surface area (Å²) in [5.74, 6) is -0.154. The lowest BCUT2D eigenvalue weighted by molar-refractivity contribution is 0.103. The summed E-state index contributed by atoms with van der Waals surface area (Å²) in [6.45, 7) is 0.508. The van der Waals surface area contributed by atoms with Crippen molar-refractivity contribution < 1.29 is 14.6 Å². The van der Waals surface area contributed by atoms with E-state index < -0.39 is 5.78 Å². The number of carbonyl (C=O) groups is 1. The number of rotatable bonds is 6. The van der Waals surface area contributed by atoms with Gasteiger partial charge in [0.2, 0.25) is 11.6 Å². The van der Waals surface area contributed by atoms with Crippen molar-refractivity contribution >= 4 is 34.0 Å². The van der Waals surface area contributed by atoms with Gasteiger partial charge in [0, 0.05) is 39.3 Å². The lowest BCUT2D eigenvalue weighted by Gasteiger charge is -2.10. The number of nitrogens with one attached hydrogen (secondary N) is 1. The molecule has 2 aromatic carbocycles. The second kappa shape index (κ2) is 7.76. The number of tetrazole rings is 1. The van der Waals surface area contributed by atoms with Crippen molar-refractivity contribution in [3.05, 3.63) is 76.7 Å². The molecule has 29 heavy (non-hydrogen) atoms. The summed E-state index contributed by atoms with van der Waals surface area (Å²) in [5.41, 5.74) is 2.29. The lowest BCUT2D eigenvalue weighted by Crippen LogP contribution is -2.01. The fraction of sp³-hybridized carbons (Fsp3) is 0.100. The quantitative estimate of drug-likeness (QED) is 0.286. The maximum atomic E-state index is 12.2. The molecule has 0 bridgehead atoms. The van der Waals surface area contributed by atoms with Crippen LogP contribution in [0.2, 0.25) is 5.02 Å². The number of H-pyrrole nitrogens is 1. The third-order valence-corrected chi connectivity index (χ3v) is 4.72. The van der Waals surface area contributed by atoms with Crippen LogP contribution < -0.4 is 4.74 Å². The molecule has 0 aliphatic carbocycles. The molecule has 4 rings (SSSR count). The summed E-state index contributed by atoms with van der Waals surface area (Å²) in [7, 11) is 1.62. The number of hydrogen-bond donors (Lipinski definition) is 2. The molecule has 0 atom stereocenters. The van der Waals surface area contributed by atoms with Gasteiger partial charge in [-0.3, -0.25) is 4.79 Å². The number of nitrogens with zero attached hydrogens (tertiary/aromatic N) is 4. The maximum absolute atomic E-state index is 12.2. The van der Waals surface area contributed by atoms with Crippen molar-refractivity contribution in [2.75, 3.05) is 7.11 Å². The van der Waals surface area contributed by atoms with E-state index in [9.17, 15) is 9.90 Å². The molecule has 0 aliphatic heterocycles. The second-order valence-electron chi connectivity index (χ2n) is 6.27. The van der Waals surface area contributed by atoms with E-state index in [1.807, 2.05) is 34.9 Å². The normalized spacial score (nSPS) is 11.7. The van der Waals surface area contributed by atoms with E-state index in [1.165, 1.54) is 0 Å². The average molecular weight is 410 g/mol. The highest BCUT2D eigenvalue weighted by Gasteiger charge is 2.16. The summed E-state index contributed by atoms with van der Waals surface area (Å²) in [5, 5.41) is 24.7. The number of ether oxygens (including phenoxy) is 1. The molecular formula is C20H16ClN5O3. The molecule has 0 amide bonds. The van der Waals surface area contributed by atoms with E-state index in [4.69, 9.17) is 16.3 Å². The minimum absolute atomic E-state index is 0.132. The average Bonchev–Trinajstić information content (AvgIpc) is 3.37. The van der Waals surface area contributed by atoms with Crippen molar-refractivity contribution in [2.24, 2.45) is 0 Å². The number of carbonyl (C=O) groups excluding carboxylic acids is 1. The van der Waals surface area contributed by atoms with Crippen LogP contribution >= 0.6 is 11.6 Å². The third-order valence-electron chi connectivity index (χ3n) is 4.49. The van der Waals surface area contributed by atoms with Crippen LogP contribution in [-0.4, -0.2) is 43.2 Å². The second-order valence-corrected chi connectivity index (χ2v) is 6.71. The van der Waals surface area contributed by atoms with E-state index in [-0.39, 0.29) is 11.6 Å². The molecule has 146 valence electrons. The molecule has 0 saturated heterocycles. The van der Waals surface area contributed by atoms with E-state index in [2.05, 4.69) is 20.6 Å². The summed E-state index contributed by atoms with van der Waals surface area (Å²) < 4.78 is 7.39. The van der Waals surface area contributed by atoms with Crippen LogP contribution in [0.5, 0.6) is 5.75 Å². The van der Waals surface area contributed by atoms with E-state index in [1.54, 1.807) is 25.4 Å². The molecule has 0 spiro atoms. The summed E-state index contributed by atoms with van der Waals surface area (Å²) in [6.07, 6.45) is 2.83. The molecule has 9 heteroatoms. The van der Waals surface area contributed by atoms with Gasteiger partial charge in [-0.1, -0.05) is 29.8 Å². The lowest BCUT2D eigenvalue weighted by atomic mass is 10.1. The van der Waals surface area contributed by atoms with E-state index in [0.717, 1.165) is 22.9 Å². The van der Waals surface area contributed by atoms with Crippen LogP contribution in [-0.2, 0) is 6.54 Å². The Hall–Kier alpha value is -3.65. The minimum Gasteiger partial charge on any atom is -0.507 e. The van der Waals surface area contributed by atoms with Crippen molar-refractivity contribution in [2.45, 2.75) is 6.54 Å². The molecule has 2 heterocycles. The first-order chi connectivity index (χ1) is 14.1. The smallest absolute Gasteiger partial charge is 0.244 e. The predicted octanol–water partition coefficient (Wildman–Crippen LogP) is 3.65. The highest BCUT2D eigenvalue weighted by atomic mass is 35.5. The largest absolute Gasteiger partial charge is 0.507 e. The Bertz CT molecular complexity index is 1210. The summed E-state index contributed by atoms with van der Waals surface area (Å²) >= 11 is 6.17. The predicted molar refractivity (Wildman–Crippen MR) is 108 cm³/mol. The first-order valence-electron chi connectivity index (χ1n) is 8.66. The van der Waals surface area contributed by atoms with Crippen molar-refractivity contribution in [1.82, 2.24) is 25.2 Å². The number of hydrogen-bond acceptors (Lipinski definition) is 6. The standard InChI is InChI=1S/C20H16ClN5O3/c1-29-19-5-3-2-4-12(19)10-26-11-15(14-8-13(21)6-7-16(14)26)17(27)9-18(28)20-22-24-25-23-20/h2-9,11,27H,10H2,1H3,(H,22,23,24,25). The number of aromatic amines is 1. The third kappa shape index (κ3) is 3.70. The Balaban J connectivity index is 1.79. The van der Waals surface area contributed by atoms with Gasteiger partial charge in [0.1, 0.15) is 11.5 Å². The van der Waals surface area contributed by atoms with E-state index >= 15 is 0 Å². The fourth-order valence-electron chi connectivity index (χ4n) is 3.15. The number of aliphatic hydroxyl groups is 1. The minimum atomic E-state index is -0.566. The number of allylic oxidation sites excluding steroid dienone is 1. The Labute approximate surface area is 170 Å². The molecule has 0 fully saturated rings. The topological polar surface area (TPSA) is 106 Å². The van der Waals surface area contributed by atoms with E-state index in [0.29, 0.717) is 22.5 Å². The number of para-hydroxylation sites is 1. The number of ketones is 1. The molecule has 4 aromatic rings. The van der Waals surface area contributed by atoms with Crippen molar-refractivity contribution in [1.29, 1.82) is 0 Å². The number of aromatic nitrogens is 5. The first kappa shape index (κ1) is 18.7. The fourth-order valence-corrected chi connectivity index (χ4v) is 3.33. The van der Waals surface area contributed by atoms with Gasteiger partial charge in [0.05, 0.1) is 13.7 Å². The van der Waals surface area contributed by atoms with Gasteiger partial charge < -0.3 is 14.4 Å². The molecule has 0 aliphatic rings. The Morgan fingerprint density at radius 1 is 1.31 bits per heavy atom. The number of halogens is 1. The van der Waals surface area contributed by atoms with Gasteiger partial charge >= 0.3 is 0 Å². The molecule has 8 nitrogen and oxygen atoms in total. The molecule has 0 unspecified atom stereocenters. The van der Waals surface area contributed by atoms with Gasteiger partial charge in [-0.05, 0) is 29.5 Å². The van der Waals surface area contributed by atoms with Crippen LogP contribution in [0.15, 0.2) is 54.7 Å². The molecule has 2 aromatic heterocycles. The Morgan fingerprint density at radius 3 is 2.90 bits per heavy atom. The van der Waals surface area contributed by atoms with Crippen LogP contribution in [0.25, 0.3) is 16.7 Å². The molecule has 0 radical (unpaired) electrons. The van der Waals surface area contributed by atoms with Crippen molar-refractivity contribution in [3.8, 4) is 5.75 Å². The summed E-state index contributed by atoms with van der Waals surface area (Å²) in [6, 6.07) is 13.1. The molecule has 0 saturated carbocycles. The Kier molecular flexibility index (Phi) is 5.01. The number of benzene rings is 2. The van der Waals surface area contributed by atoms with Crippen LogP contribution in [0, 0.1) is 0 Å². The van der Waals surface area contributed by atoms with Gasteiger partial charge in [0.15, 0.2) is 0 Å². The number of methoxy groups -OCH3 is 1. The van der Waals surface area contributed by atoms with Crippen LogP contribution in [0.1, 0.15) is 21.7 Å². The first-order valence-corrected chi connectivity index (χ1v) is 9.03. The number of aliphatic hydroxyl groups excluding tert-OH is 1. The van der Waals surface area contributed by atoms with Crippen molar-refractivity contribution in [3.63, 3.8) is 0 Å². The highest BCUT2D eigenvalue weighted by Crippen LogP contribution is 2.30. The molecular weight excluding hydrogens is 394 g/mol. The van der Waals surface area contributed by atoms with Crippen LogP contribution in [0.4, 0.5) is 0 Å². The zero-order valence-corrected chi connectivity index (χ0v) is 16.1. The number of fused-ring (bicyclic) bond motifs is 1.